The molecule has 3 aliphatic heterocycles. The number of benzene rings is 1. The summed E-state index contributed by atoms with van der Waals surface area (Å²) in [6.07, 6.45) is 9.22. The number of amides is 2. The monoisotopic (exact) mass is 474 g/mol. The lowest BCUT2D eigenvalue weighted by atomic mass is 9.76. The van der Waals surface area contributed by atoms with E-state index in [1.54, 1.807) is 6.20 Å². The van der Waals surface area contributed by atoms with Crippen LogP contribution >= 0.6 is 0 Å². The quantitative estimate of drug-likeness (QED) is 0.661. The highest BCUT2D eigenvalue weighted by Gasteiger charge is 2.56. The average molecular weight is 475 g/mol. The number of carbonyl (C=O) groups is 2. The minimum Gasteiger partial charge on any atom is -0.355 e. The third-order valence-electron chi connectivity index (χ3n) is 8.51. The highest BCUT2D eigenvalue weighted by atomic mass is 16.2. The van der Waals surface area contributed by atoms with Crippen LogP contribution in [0.3, 0.4) is 0 Å². The molecule has 3 fully saturated rings. The van der Waals surface area contributed by atoms with Crippen LogP contribution in [0.25, 0.3) is 0 Å². The molecule has 1 aromatic heterocycles. The van der Waals surface area contributed by atoms with E-state index in [-0.39, 0.29) is 17.9 Å². The summed E-state index contributed by atoms with van der Waals surface area (Å²) in [5.74, 6) is 1.54. The average Bonchev–Trinajstić information content (AvgIpc) is 3.52. The van der Waals surface area contributed by atoms with Crippen molar-refractivity contribution in [1.29, 1.82) is 0 Å². The fourth-order valence-electron chi connectivity index (χ4n) is 6.37. The zero-order valence-corrected chi connectivity index (χ0v) is 20.4. The van der Waals surface area contributed by atoms with E-state index in [0.29, 0.717) is 37.1 Å². The molecule has 2 N–H and O–H groups in total. The molecule has 8 nitrogen and oxygen atoms in total. The number of aromatic nitrogens is 2. The van der Waals surface area contributed by atoms with Crippen molar-refractivity contribution >= 4 is 29.3 Å². The van der Waals surface area contributed by atoms with Crippen LogP contribution in [-0.2, 0) is 16.0 Å². The Labute approximate surface area is 206 Å². The molecule has 4 heterocycles. The van der Waals surface area contributed by atoms with Gasteiger partial charge in [0.1, 0.15) is 11.2 Å². The topological polar surface area (TPSA) is 90.5 Å². The number of likely N-dealkylation sites (tertiary alicyclic amines) is 1. The Bertz CT molecular complexity index is 1120. The van der Waals surface area contributed by atoms with Gasteiger partial charge in [-0.3, -0.25) is 14.5 Å². The highest BCUT2D eigenvalue weighted by molar-refractivity contribution is 6.14. The Morgan fingerprint density at radius 2 is 1.80 bits per heavy atom. The van der Waals surface area contributed by atoms with Gasteiger partial charge in [-0.15, -0.1) is 0 Å². The molecule has 2 amide bonds. The van der Waals surface area contributed by atoms with Crippen LogP contribution < -0.4 is 15.5 Å². The molecule has 1 atom stereocenters. The molecule has 8 heteroatoms. The molecule has 184 valence electrons. The van der Waals surface area contributed by atoms with E-state index in [1.165, 1.54) is 18.4 Å². The van der Waals surface area contributed by atoms with Crippen LogP contribution in [0.15, 0.2) is 30.5 Å². The first-order valence-corrected chi connectivity index (χ1v) is 13.1. The predicted octanol–water partition coefficient (Wildman–Crippen LogP) is 3.37. The first kappa shape index (κ1) is 22.5. The fraction of sp³-hybridized carbons (Fsp3) is 0.556. The maximum Gasteiger partial charge on any atom is 0.244 e. The Morgan fingerprint density at radius 1 is 1.06 bits per heavy atom. The second-order valence-corrected chi connectivity index (χ2v) is 10.7. The molecule has 1 saturated carbocycles. The van der Waals surface area contributed by atoms with Gasteiger partial charge in [0, 0.05) is 36.5 Å². The van der Waals surface area contributed by atoms with Crippen LogP contribution in [0.2, 0.25) is 0 Å². The van der Waals surface area contributed by atoms with Gasteiger partial charge in [0.2, 0.25) is 17.8 Å². The summed E-state index contributed by atoms with van der Waals surface area (Å²) < 4.78 is 0. The fourth-order valence-corrected chi connectivity index (χ4v) is 6.37. The third kappa shape index (κ3) is 3.97. The molecule has 0 unspecified atom stereocenters. The minimum atomic E-state index is -1.00. The first-order chi connectivity index (χ1) is 17.0. The Kier molecular flexibility index (Phi) is 5.71. The van der Waals surface area contributed by atoms with Gasteiger partial charge in [0.25, 0.3) is 0 Å². The van der Waals surface area contributed by atoms with Crippen molar-refractivity contribution in [3.8, 4) is 0 Å². The molecule has 1 aromatic carbocycles. The third-order valence-corrected chi connectivity index (χ3v) is 8.51. The van der Waals surface area contributed by atoms with Crippen molar-refractivity contribution < 1.29 is 9.59 Å². The van der Waals surface area contributed by atoms with E-state index in [4.69, 9.17) is 4.98 Å². The standard InChI is InChI=1S/C27H34N6O2/c1-32-14-10-19(11-15-32)18-6-8-21(9-7-18)30-26-29-17-20-16-27(12-13-28-24(27)34)25(35)33(23(20)31-26)22-4-2-3-5-22/h6-9,17,19,22H,2-5,10-16H2,1H3,(H,28,34)(H,29,30,31)/t27-/m1/s1. The van der Waals surface area contributed by atoms with Crippen LogP contribution in [0.4, 0.5) is 17.5 Å². The molecule has 0 bridgehead atoms. The lowest BCUT2D eigenvalue weighted by Crippen LogP contribution is -2.56. The van der Waals surface area contributed by atoms with E-state index in [1.807, 2.05) is 4.90 Å². The first-order valence-electron chi connectivity index (χ1n) is 13.1. The van der Waals surface area contributed by atoms with Gasteiger partial charge in [0.05, 0.1) is 0 Å². The summed E-state index contributed by atoms with van der Waals surface area (Å²) in [7, 11) is 2.19. The van der Waals surface area contributed by atoms with Gasteiger partial charge in [0.15, 0.2) is 0 Å². The number of fused-ring (bicyclic) bond motifs is 1. The molecule has 2 aromatic rings. The van der Waals surface area contributed by atoms with Gasteiger partial charge in [-0.2, -0.15) is 4.98 Å². The molecule has 4 aliphatic rings. The van der Waals surface area contributed by atoms with E-state index in [2.05, 4.69) is 51.8 Å². The Morgan fingerprint density at radius 3 is 2.49 bits per heavy atom. The van der Waals surface area contributed by atoms with Crippen molar-refractivity contribution in [2.45, 2.75) is 63.3 Å². The second kappa shape index (κ2) is 8.90. The highest BCUT2D eigenvalue weighted by Crippen LogP contribution is 2.44. The zero-order valence-electron chi connectivity index (χ0n) is 20.4. The minimum absolute atomic E-state index is 0.0842. The molecule has 6 rings (SSSR count). The number of carbonyl (C=O) groups excluding carboxylic acids is 2. The molecule has 1 spiro atoms. The number of piperidine rings is 1. The molecule has 2 saturated heterocycles. The van der Waals surface area contributed by atoms with Crippen LogP contribution in [-0.4, -0.2) is 59.4 Å². The summed E-state index contributed by atoms with van der Waals surface area (Å²) in [5, 5.41) is 6.22. The predicted molar refractivity (Wildman–Crippen MR) is 135 cm³/mol. The number of rotatable bonds is 4. The van der Waals surface area contributed by atoms with Crippen molar-refractivity contribution in [2.75, 3.05) is 36.9 Å². The number of nitrogens with zero attached hydrogens (tertiary/aromatic N) is 4. The number of nitrogens with one attached hydrogen (secondary N) is 2. The summed E-state index contributed by atoms with van der Waals surface area (Å²) in [4.78, 5) is 40.2. The van der Waals surface area contributed by atoms with E-state index < -0.39 is 5.41 Å². The zero-order chi connectivity index (χ0) is 24.0. The van der Waals surface area contributed by atoms with Crippen molar-refractivity contribution in [3.05, 3.63) is 41.6 Å². The number of anilines is 3. The molecule has 0 radical (unpaired) electrons. The van der Waals surface area contributed by atoms with Gasteiger partial charge in [-0.05, 0) is 75.9 Å². The lowest BCUT2D eigenvalue weighted by molar-refractivity contribution is -0.140. The lowest BCUT2D eigenvalue weighted by Gasteiger charge is -2.40. The van der Waals surface area contributed by atoms with Crippen molar-refractivity contribution in [2.24, 2.45) is 5.41 Å². The summed E-state index contributed by atoms with van der Waals surface area (Å²) in [5.41, 5.74) is 2.20. The molecular formula is C27H34N6O2. The smallest absolute Gasteiger partial charge is 0.244 e. The van der Waals surface area contributed by atoms with Crippen LogP contribution in [0.1, 0.15) is 62.0 Å². The second-order valence-electron chi connectivity index (χ2n) is 10.7. The summed E-state index contributed by atoms with van der Waals surface area (Å²) in [6, 6.07) is 8.69. The molecule has 35 heavy (non-hydrogen) atoms. The number of hydrogen-bond acceptors (Lipinski definition) is 6. The van der Waals surface area contributed by atoms with Crippen LogP contribution in [0.5, 0.6) is 0 Å². The van der Waals surface area contributed by atoms with Crippen molar-refractivity contribution in [3.63, 3.8) is 0 Å². The Balaban J connectivity index is 1.26. The molecular weight excluding hydrogens is 440 g/mol. The molecule has 1 aliphatic carbocycles. The summed E-state index contributed by atoms with van der Waals surface area (Å²) in [6.45, 7) is 2.84. The van der Waals surface area contributed by atoms with Crippen molar-refractivity contribution in [1.82, 2.24) is 20.2 Å². The van der Waals surface area contributed by atoms with Gasteiger partial charge >= 0.3 is 0 Å². The SMILES string of the molecule is CN1CCC(c2ccc(Nc3ncc4c(n3)N(C3CCCC3)C(=O)[C@]3(CCNC3=O)C4)cc2)CC1. The van der Waals surface area contributed by atoms with Gasteiger partial charge in [-0.25, -0.2) is 4.98 Å². The van der Waals surface area contributed by atoms with E-state index >= 15 is 0 Å². The van der Waals surface area contributed by atoms with Crippen LogP contribution in [0, 0.1) is 5.41 Å². The van der Waals surface area contributed by atoms with E-state index in [9.17, 15) is 9.59 Å². The number of hydrogen-bond donors (Lipinski definition) is 2. The summed E-state index contributed by atoms with van der Waals surface area (Å²) >= 11 is 0. The van der Waals surface area contributed by atoms with Gasteiger partial charge < -0.3 is 15.5 Å². The normalized spacial score (nSPS) is 25.8. The maximum atomic E-state index is 13.8. The maximum absolute atomic E-state index is 13.8. The van der Waals surface area contributed by atoms with E-state index in [0.717, 1.165) is 50.0 Å². The largest absolute Gasteiger partial charge is 0.355 e. The van der Waals surface area contributed by atoms with Gasteiger partial charge in [-0.1, -0.05) is 25.0 Å². The Hall–Kier alpha value is -3.00.